The highest BCUT2D eigenvalue weighted by molar-refractivity contribution is 7.84. The Kier molecular flexibility index (Phi) is 7.78. The molecule has 0 heterocycles. The summed E-state index contributed by atoms with van der Waals surface area (Å²) < 4.78 is 16.9. The summed E-state index contributed by atoms with van der Waals surface area (Å²) in [5.74, 6) is 0.796. The number of benzene rings is 2. The standard InChI is InChI=1S/C19H24N2O3S/c1-24-10-11-25(23)14-15-6-5-9-17(12-15)21-19(22)13-18(20)16-7-3-2-4-8-16/h2-9,12,18H,10-11,13-14,20H2,1H3,(H,21,22). The molecule has 2 rings (SSSR count). The van der Waals surface area contributed by atoms with Gasteiger partial charge in [0.05, 0.1) is 6.61 Å². The van der Waals surface area contributed by atoms with Gasteiger partial charge in [-0.2, -0.15) is 0 Å². The van der Waals surface area contributed by atoms with Crippen LogP contribution in [0.1, 0.15) is 23.6 Å². The van der Waals surface area contributed by atoms with Crippen LogP contribution in [0.15, 0.2) is 54.6 Å². The lowest BCUT2D eigenvalue weighted by Crippen LogP contribution is -2.20. The topological polar surface area (TPSA) is 81.4 Å². The highest BCUT2D eigenvalue weighted by Gasteiger charge is 2.12. The van der Waals surface area contributed by atoms with E-state index in [1.807, 2.05) is 54.6 Å². The number of nitrogens with one attached hydrogen (secondary N) is 1. The van der Waals surface area contributed by atoms with Gasteiger partial charge in [0.15, 0.2) is 0 Å². The first-order valence-electron chi connectivity index (χ1n) is 8.11. The SMILES string of the molecule is COCCS(=O)Cc1cccc(NC(=O)CC(N)c2ccccc2)c1. The van der Waals surface area contributed by atoms with E-state index in [2.05, 4.69) is 5.32 Å². The fraction of sp³-hybridized carbons (Fsp3) is 0.316. The maximum atomic E-state index is 12.2. The molecule has 2 aromatic rings. The molecule has 0 aliphatic heterocycles. The zero-order valence-electron chi connectivity index (χ0n) is 14.3. The van der Waals surface area contributed by atoms with Crippen LogP contribution in [-0.4, -0.2) is 29.6 Å². The van der Waals surface area contributed by atoms with Gasteiger partial charge in [-0.15, -0.1) is 0 Å². The molecule has 0 radical (unpaired) electrons. The second-order valence-electron chi connectivity index (χ2n) is 5.75. The van der Waals surface area contributed by atoms with Gasteiger partial charge in [0.2, 0.25) is 5.91 Å². The normalized spacial score (nSPS) is 13.2. The Balaban J connectivity index is 1.90. The summed E-state index contributed by atoms with van der Waals surface area (Å²) in [7, 11) is 0.607. The molecule has 134 valence electrons. The van der Waals surface area contributed by atoms with E-state index in [9.17, 15) is 9.00 Å². The highest BCUT2D eigenvalue weighted by Crippen LogP contribution is 2.16. The number of nitrogens with two attached hydrogens (primary N) is 1. The van der Waals surface area contributed by atoms with Crippen LogP contribution in [-0.2, 0) is 26.1 Å². The van der Waals surface area contributed by atoms with Crippen molar-refractivity contribution in [1.82, 2.24) is 0 Å². The maximum Gasteiger partial charge on any atom is 0.226 e. The van der Waals surface area contributed by atoms with Crippen LogP contribution in [0.3, 0.4) is 0 Å². The quantitative estimate of drug-likeness (QED) is 0.720. The molecule has 5 nitrogen and oxygen atoms in total. The Morgan fingerprint density at radius 2 is 1.96 bits per heavy atom. The molecule has 0 saturated carbocycles. The molecule has 6 heteroatoms. The van der Waals surface area contributed by atoms with E-state index >= 15 is 0 Å². The fourth-order valence-corrected chi connectivity index (χ4v) is 3.45. The largest absolute Gasteiger partial charge is 0.384 e. The van der Waals surface area contributed by atoms with Gasteiger partial charge in [-0.3, -0.25) is 9.00 Å². The van der Waals surface area contributed by atoms with Crippen LogP contribution in [0, 0.1) is 0 Å². The number of hydrogen-bond donors (Lipinski definition) is 2. The van der Waals surface area contributed by atoms with Gasteiger partial charge < -0.3 is 15.8 Å². The van der Waals surface area contributed by atoms with Gasteiger partial charge in [0.25, 0.3) is 0 Å². The van der Waals surface area contributed by atoms with Gasteiger partial charge in [0, 0.05) is 47.6 Å². The lowest BCUT2D eigenvalue weighted by atomic mass is 10.0. The summed E-state index contributed by atoms with van der Waals surface area (Å²) in [4.78, 5) is 12.2. The van der Waals surface area contributed by atoms with Crippen LogP contribution in [0.25, 0.3) is 0 Å². The van der Waals surface area contributed by atoms with E-state index in [1.165, 1.54) is 0 Å². The van der Waals surface area contributed by atoms with E-state index in [-0.39, 0.29) is 18.4 Å². The second-order valence-corrected chi connectivity index (χ2v) is 7.33. The second kappa shape index (κ2) is 10.1. The minimum absolute atomic E-state index is 0.144. The molecule has 0 saturated heterocycles. The average molecular weight is 360 g/mol. The van der Waals surface area contributed by atoms with E-state index < -0.39 is 10.8 Å². The molecule has 0 bridgehead atoms. The minimum Gasteiger partial charge on any atom is -0.384 e. The van der Waals surface area contributed by atoms with Crippen molar-refractivity contribution in [2.45, 2.75) is 18.2 Å². The van der Waals surface area contributed by atoms with Gasteiger partial charge in [-0.1, -0.05) is 42.5 Å². The molecular formula is C19H24N2O3S. The maximum absolute atomic E-state index is 12.2. The number of anilines is 1. The number of rotatable bonds is 9. The molecule has 0 spiro atoms. The number of carbonyl (C=O) groups excluding carboxylic acids is 1. The summed E-state index contributed by atoms with van der Waals surface area (Å²) in [6.07, 6.45) is 0.202. The Bertz CT molecular complexity index is 707. The first-order valence-corrected chi connectivity index (χ1v) is 9.60. The lowest BCUT2D eigenvalue weighted by Gasteiger charge is -2.12. The third-order valence-corrected chi connectivity index (χ3v) is 4.96. The molecule has 0 aliphatic rings. The van der Waals surface area contributed by atoms with Crippen molar-refractivity contribution in [2.24, 2.45) is 5.73 Å². The predicted molar refractivity (Wildman–Crippen MR) is 102 cm³/mol. The number of methoxy groups -OCH3 is 1. The van der Waals surface area contributed by atoms with Crippen molar-refractivity contribution in [3.63, 3.8) is 0 Å². The average Bonchev–Trinajstić information content (AvgIpc) is 2.61. The van der Waals surface area contributed by atoms with E-state index in [4.69, 9.17) is 10.5 Å². The summed E-state index contributed by atoms with van der Waals surface area (Å²) in [5, 5.41) is 2.86. The van der Waals surface area contributed by atoms with Crippen LogP contribution in [0.4, 0.5) is 5.69 Å². The van der Waals surface area contributed by atoms with E-state index in [0.717, 1.165) is 11.1 Å². The van der Waals surface area contributed by atoms with Crippen molar-refractivity contribution < 1.29 is 13.7 Å². The number of ether oxygens (including phenoxy) is 1. The predicted octanol–water partition coefficient (Wildman–Crippen LogP) is 2.61. The number of carbonyl (C=O) groups is 1. The molecule has 1 amide bonds. The van der Waals surface area contributed by atoms with Crippen LogP contribution >= 0.6 is 0 Å². The third-order valence-electron chi connectivity index (χ3n) is 3.69. The van der Waals surface area contributed by atoms with Crippen molar-refractivity contribution in [2.75, 3.05) is 24.8 Å². The summed E-state index contributed by atoms with van der Waals surface area (Å²) >= 11 is 0. The first-order chi connectivity index (χ1) is 12.1. The molecule has 25 heavy (non-hydrogen) atoms. The number of amides is 1. The molecule has 2 aromatic carbocycles. The van der Waals surface area contributed by atoms with Gasteiger partial charge in [-0.25, -0.2) is 0 Å². The van der Waals surface area contributed by atoms with Crippen molar-refractivity contribution in [3.05, 3.63) is 65.7 Å². The molecule has 0 aliphatic carbocycles. The van der Waals surface area contributed by atoms with Crippen LogP contribution < -0.4 is 11.1 Å². The van der Waals surface area contributed by atoms with E-state index in [1.54, 1.807) is 7.11 Å². The Morgan fingerprint density at radius 1 is 1.20 bits per heavy atom. The Hall–Kier alpha value is -2.02. The zero-order chi connectivity index (χ0) is 18.1. The fourth-order valence-electron chi connectivity index (χ4n) is 2.40. The smallest absolute Gasteiger partial charge is 0.226 e. The van der Waals surface area contributed by atoms with Gasteiger partial charge in [-0.05, 0) is 23.3 Å². The van der Waals surface area contributed by atoms with Gasteiger partial charge in [0.1, 0.15) is 0 Å². The van der Waals surface area contributed by atoms with Gasteiger partial charge >= 0.3 is 0 Å². The third kappa shape index (κ3) is 6.78. The van der Waals surface area contributed by atoms with Crippen molar-refractivity contribution >= 4 is 22.4 Å². The Labute approximate surface area is 151 Å². The zero-order valence-corrected chi connectivity index (χ0v) is 15.1. The van der Waals surface area contributed by atoms with Crippen LogP contribution in [0.2, 0.25) is 0 Å². The molecule has 2 atom stereocenters. The highest BCUT2D eigenvalue weighted by atomic mass is 32.2. The summed E-state index contributed by atoms with van der Waals surface area (Å²) in [5.41, 5.74) is 8.61. The Morgan fingerprint density at radius 3 is 2.68 bits per heavy atom. The summed E-state index contributed by atoms with van der Waals surface area (Å²) in [6.45, 7) is 0.473. The first kappa shape index (κ1) is 19.3. The van der Waals surface area contributed by atoms with Crippen LogP contribution in [0.5, 0.6) is 0 Å². The van der Waals surface area contributed by atoms with Crippen molar-refractivity contribution in [3.8, 4) is 0 Å². The minimum atomic E-state index is -0.984. The summed E-state index contributed by atoms with van der Waals surface area (Å²) in [6, 6.07) is 16.6. The van der Waals surface area contributed by atoms with E-state index in [0.29, 0.717) is 23.8 Å². The lowest BCUT2D eigenvalue weighted by molar-refractivity contribution is -0.116. The number of hydrogen-bond acceptors (Lipinski definition) is 4. The molecule has 3 N–H and O–H groups in total. The molecular weight excluding hydrogens is 336 g/mol. The monoisotopic (exact) mass is 360 g/mol. The molecule has 0 aromatic heterocycles. The van der Waals surface area contributed by atoms with Crippen molar-refractivity contribution in [1.29, 1.82) is 0 Å². The molecule has 2 unspecified atom stereocenters. The molecule has 0 fully saturated rings.